The summed E-state index contributed by atoms with van der Waals surface area (Å²) in [6.45, 7) is 8.83. The van der Waals surface area contributed by atoms with Crippen molar-refractivity contribution in [1.29, 1.82) is 0 Å². The molecule has 0 spiro atoms. The van der Waals surface area contributed by atoms with Crippen molar-refractivity contribution < 1.29 is 0 Å². The topological polar surface area (TPSA) is 3.24 Å². The van der Waals surface area contributed by atoms with Crippen molar-refractivity contribution in [2.45, 2.75) is 52.1 Å². The van der Waals surface area contributed by atoms with Crippen molar-refractivity contribution in [3.8, 4) is 0 Å². The molecule has 1 saturated heterocycles. The third kappa shape index (κ3) is 5.06. The van der Waals surface area contributed by atoms with Gasteiger partial charge in [-0.3, -0.25) is 0 Å². The molecule has 1 heterocycles. The third-order valence-electron chi connectivity index (χ3n) is 3.41. The molecule has 82 valence electrons. The van der Waals surface area contributed by atoms with E-state index in [0.717, 1.165) is 0 Å². The molecule has 0 aliphatic carbocycles. The summed E-state index contributed by atoms with van der Waals surface area (Å²) in [5.74, 6) is 0. The number of hydrogen-bond donors (Lipinski definition) is 0. The van der Waals surface area contributed by atoms with Crippen molar-refractivity contribution in [3.63, 3.8) is 0 Å². The third-order valence-corrected chi connectivity index (χ3v) is 14.4. The molecule has 2 heteroatoms. The van der Waals surface area contributed by atoms with Gasteiger partial charge < -0.3 is 0 Å². The van der Waals surface area contributed by atoms with E-state index in [0.29, 0.717) is 0 Å². The Morgan fingerprint density at radius 3 is 2.14 bits per heavy atom. The van der Waals surface area contributed by atoms with Gasteiger partial charge in [-0.2, -0.15) is 0 Å². The van der Waals surface area contributed by atoms with Crippen LogP contribution in [0.1, 0.15) is 39.5 Å². The van der Waals surface area contributed by atoms with Gasteiger partial charge in [-0.15, -0.1) is 0 Å². The first-order valence-electron chi connectivity index (χ1n) is 6.59. The molecule has 0 aromatic carbocycles. The summed E-state index contributed by atoms with van der Waals surface area (Å²) in [6, 6.07) is 0. The Balaban J connectivity index is 2.20. The normalized spacial score (nSPS) is 20.6. The molecule has 1 nitrogen and oxygen atoms in total. The maximum atomic E-state index is 2.69. The molecular weight excluding hydrogens is 273 g/mol. The summed E-state index contributed by atoms with van der Waals surface area (Å²) in [5, 5.41) is 0. The first-order valence-corrected chi connectivity index (χ1v) is 13.6. The van der Waals surface area contributed by atoms with Crippen LogP contribution in [0.2, 0.25) is 12.5 Å². The van der Waals surface area contributed by atoms with Gasteiger partial charge in [-0.25, -0.2) is 0 Å². The summed E-state index contributed by atoms with van der Waals surface area (Å²) in [7, 11) is 0. The summed E-state index contributed by atoms with van der Waals surface area (Å²) in [5.41, 5.74) is 0. The van der Waals surface area contributed by atoms with Gasteiger partial charge in [-0.1, -0.05) is 0 Å². The Morgan fingerprint density at radius 2 is 1.64 bits per heavy atom. The van der Waals surface area contributed by atoms with Crippen LogP contribution in [0.3, 0.4) is 0 Å². The van der Waals surface area contributed by atoms with Gasteiger partial charge in [0.2, 0.25) is 0 Å². The van der Waals surface area contributed by atoms with Crippen LogP contribution < -0.4 is 0 Å². The predicted octanol–water partition coefficient (Wildman–Crippen LogP) is 3.40. The van der Waals surface area contributed by atoms with Crippen molar-refractivity contribution in [2.24, 2.45) is 0 Å². The van der Waals surface area contributed by atoms with E-state index < -0.39 is 21.4 Å². The van der Waals surface area contributed by atoms with Gasteiger partial charge in [0.05, 0.1) is 0 Å². The van der Waals surface area contributed by atoms with Crippen molar-refractivity contribution in [2.75, 3.05) is 19.6 Å². The van der Waals surface area contributed by atoms with E-state index in [-0.39, 0.29) is 0 Å². The molecule has 0 radical (unpaired) electrons. The SMILES string of the molecule is CCCN1CC[CH2][In]([CH2]CC)[CH2]CC1. The van der Waals surface area contributed by atoms with Crippen LogP contribution in [-0.4, -0.2) is 46.0 Å². The summed E-state index contributed by atoms with van der Waals surface area (Å²) in [6.07, 6.45) is 5.86. The first kappa shape index (κ1) is 12.9. The molecule has 1 fully saturated rings. The number of rotatable bonds is 4. The second-order valence-electron chi connectivity index (χ2n) is 4.78. The molecule has 0 unspecified atom stereocenters. The fourth-order valence-corrected chi connectivity index (χ4v) is 11.8. The Bertz CT molecular complexity index is 114. The number of hydrogen-bond acceptors (Lipinski definition) is 1. The van der Waals surface area contributed by atoms with Gasteiger partial charge in [-0.05, 0) is 0 Å². The zero-order valence-corrected chi connectivity index (χ0v) is 13.4. The Morgan fingerprint density at radius 1 is 1.00 bits per heavy atom. The first-order chi connectivity index (χ1) is 6.86. The average molecular weight is 299 g/mol. The fraction of sp³-hybridized carbons (Fsp3) is 1.00. The quantitative estimate of drug-likeness (QED) is 0.769. The van der Waals surface area contributed by atoms with Gasteiger partial charge in [0.1, 0.15) is 0 Å². The van der Waals surface area contributed by atoms with Crippen LogP contribution in [-0.2, 0) is 0 Å². The maximum absolute atomic E-state index is 2.69. The predicted molar refractivity (Wildman–Crippen MR) is 66.4 cm³/mol. The molecule has 0 aromatic heterocycles. The Hall–Kier alpha value is 0.830. The van der Waals surface area contributed by atoms with Crippen LogP contribution >= 0.6 is 0 Å². The number of nitrogens with zero attached hydrogens (tertiary/aromatic N) is 1. The van der Waals surface area contributed by atoms with E-state index in [4.69, 9.17) is 0 Å². The average Bonchev–Trinajstić information content (AvgIpc) is 2.13. The van der Waals surface area contributed by atoms with Crippen molar-refractivity contribution >= 4 is 21.4 Å². The molecule has 0 aromatic rings. The second kappa shape index (κ2) is 8.04. The van der Waals surface area contributed by atoms with Crippen LogP contribution in [0, 0.1) is 0 Å². The van der Waals surface area contributed by atoms with Crippen molar-refractivity contribution in [1.82, 2.24) is 4.90 Å². The van der Waals surface area contributed by atoms with Crippen LogP contribution in [0.15, 0.2) is 0 Å². The molecule has 1 rings (SSSR count). The fourth-order valence-electron chi connectivity index (χ4n) is 2.70. The Labute approximate surface area is 97.8 Å². The molecular formula is C12H26InN. The van der Waals surface area contributed by atoms with Crippen molar-refractivity contribution in [3.05, 3.63) is 0 Å². The van der Waals surface area contributed by atoms with Crippen LogP contribution in [0.4, 0.5) is 0 Å². The monoisotopic (exact) mass is 299 g/mol. The zero-order chi connectivity index (χ0) is 10.2. The van der Waals surface area contributed by atoms with E-state index in [9.17, 15) is 0 Å². The molecule has 1 aliphatic heterocycles. The summed E-state index contributed by atoms with van der Waals surface area (Å²) >= 11 is -0.950. The van der Waals surface area contributed by atoms with Gasteiger partial charge >= 0.3 is 98.0 Å². The minimum atomic E-state index is -0.950. The van der Waals surface area contributed by atoms with Gasteiger partial charge in [0, 0.05) is 0 Å². The van der Waals surface area contributed by atoms with Gasteiger partial charge in [0.15, 0.2) is 0 Å². The molecule has 14 heavy (non-hydrogen) atoms. The standard InChI is InChI=1S/C9H19N.C3H7.In/c1-4-7-10(8-5-2)9-6-3;1-3-2;/h1-2,4-9H2,3H3;1,3H2,2H3;. The zero-order valence-electron chi connectivity index (χ0n) is 10.1. The van der Waals surface area contributed by atoms with E-state index in [1.807, 2.05) is 0 Å². The summed E-state index contributed by atoms with van der Waals surface area (Å²) in [4.78, 5) is 2.69. The van der Waals surface area contributed by atoms with E-state index >= 15 is 0 Å². The molecule has 0 atom stereocenters. The summed E-state index contributed by atoms with van der Waals surface area (Å²) < 4.78 is 5.06. The van der Waals surface area contributed by atoms with E-state index in [2.05, 4.69) is 18.7 Å². The Kier molecular flexibility index (Phi) is 7.40. The minimum absolute atomic E-state index is 0.950. The molecule has 1 aliphatic rings. The second-order valence-corrected chi connectivity index (χ2v) is 14.7. The molecule has 0 saturated carbocycles. The van der Waals surface area contributed by atoms with Crippen LogP contribution in [0.25, 0.3) is 0 Å². The molecule has 0 bridgehead atoms. The van der Waals surface area contributed by atoms with E-state index in [1.165, 1.54) is 45.3 Å². The molecule has 0 N–H and O–H groups in total. The van der Waals surface area contributed by atoms with Gasteiger partial charge in [0.25, 0.3) is 0 Å². The van der Waals surface area contributed by atoms with Crippen LogP contribution in [0.5, 0.6) is 0 Å². The van der Waals surface area contributed by atoms with E-state index in [1.54, 1.807) is 12.5 Å². The molecule has 0 amide bonds.